The van der Waals surface area contributed by atoms with Crippen LogP contribution in [-0.2, 0) is 19.4 Å². The summed E-state index contributed by atoms with van der Waals surface area (Å²) in [7, 11) is -3.22. The molecule has 0 unspecified atom stereocenters. The van der Waals surface area contributed by atoms with Crippen molar-refractivity contribution in [3.05, 3.63) is 0 Å². The molecule has 0 aromatic heterocycles. The number of sulfone groups is 1. The van der Waals surface area contributed by atoms with Crippen molar-refractivity contribution < 1.29 is 17.9 Å². The Morgan fingerprint density at radius 2 is 2.17 bits per heavy atom. The second kappa shape index (κ2) is 2.35. The van der Waals surface area contributed by atoms with Gasteiger partial charge < -0.3 is 4.74 Å². The van der Waals surface area contributed by atoms with Gasteiger partial charge >= 0.3 is 5.97 Å². The molecule has 0 bridgehead atoms. The van der Waals surface area contributed by atoms with E-state index < -0.39 is 20.7 Å². The third kappa shape index (κ3) is 1.03. The topological polar surface area (TPSA) is 60.4 Å². The van der Waals surface area contributed by atoms with Crippen LogP contribution in [0.3, 0.4) is 0 Å². The van der Waals surface area contributed by atoms with Gasteiger partial charge in [-0.2, -0.15) is 0 Å². The summed E-state index contributed by atoms with van der Waals surface area (Å²) < 4.78 is 26.1. The molecule has 0 N–H and O–H groups in total. The molecule has 0 saturated carbocycles. The third-order valence-electron chi connectivity index (χ3n) is 2.21. The van der Waals surface area contributed by atoms with E-state index in [1.165, 1.54) is 0 Å². The van der Waals surface area contributed by atoms with E-state index in [1.807, 2.05) is 0 Å². The summed E-state index contributed by atoms with van der Waals surface area (Å²) in [6.45, 7) is 0. The van der Waals surface area contributed by atoms with Crippen molar-refractivity contribution in [2.24, 2.45) is 5.92 Å². The van der Waals surface area contributed by atoms with Gasteiger partial charge in [-0.05, 0) is 0 Å². The number of alkyl halides is 1. The lowest BCUT2D eigenvalue weighted by molar-refractivity contribution is -0.140. The highest BCUT2D eigenvalue weighted by Gasteiger charge is 2.52. The van der Waals surface area contributed by atoms with Gasteiger partial charge in [-0.15, -0.1) is 11.6 Å². The molecule has 2 heterocycles. The summed E-state index contributed by atoms with van der Waals surface area (Å²) in [4.78, 5) is 10.7. The molecule has 6 heteroatoms. The molecule has 4 nitrogen and oxygen atoms in total. The van der Waals surface area contributed by atoms with E-state index >= 15 is 0 Å². The van der Waals surface area contributed by atoms with Crippen molar-refractivity contribution in [3.63, 3.8) is 0 Å². The maximum Gasteiger partial charge on any atom is 0.306 e. The van der Waals surface area contributed by atoms with Gasteiger partial charge in [0.25, 0.3) is 0 Å². The molecular weight excluding hydrogens is 204 g/mol. The Morgan fingerprint density at radius 3 is 2.75 bits per heavy atom. The lowest BCUT2D eigenvalue weighted by Gasteiger charge is -2.08. The fourth-order valence-electron chi connectivity index (χ4n) is 1.64. The zero-order valence-electron chi connectivity index (χ0n) is 6.07. The number of rotatable bonds is 0. The molecule has 0 aliphatic carbocycles. The minimum atomic E-state index is -3.22. The van der Waals surface area contributed by atoms with Crippen LogP contribution < -0.4 is 0 Å². The lowest BCUT2D eigenvalue weighted by Crippen LogP contribution is -2.22. The van der Waals surface area contributed by atoms with E-state index in [9.17, 15) is 13.2 Å². The van der Waals surface area contributed by atoms with Gasteiger partial charge in [-0.3, -0.25) is 4.79 Å². The molecule has 12 heavy (non-hydrogen) atoms. The number of ether oxygens (including phenoxy) is 1. The lowest BCUT2D eigenvalue weighted by atomic mass is 10.1. The van der Waals surface area contributed by atoms with Crippen LogP contribution >= 0.6 is 11.6 Å². The average molecular weight is 211 g/mol. The summed E-state index contributed by atoms with van der Waals surface area (Å²) >= 11 is 5.60. The quantitative estimate of drug-likeness (QED) is 0.414. The third-order valence-corrected chi connectivity index (χ3v) is 5.12. The molecule has 2 aliphatic heterocycles. The van der Waals surface area contributed by atoms with Crippen LogP contribution in [0, 0.1) is 5.92 Å². The Kier molecular flexibility index (Phi) is 1.63. The largest absolute Gasteiger partial charge is 0.459 e. The van der Waals surface area contributed by atoms with Crippen molar-refractivity contribution in [2.45, 2.75) is 17.2 Å². The molecule has 2 saturated heterocycles. The normalized spacial score (nSPS) is 44.1. The Bertz CT molecular complexity index is 322. The highest BCUT2D eigenvalue weighted by Crippen LogP contribution is 2.38. The first-order valence-corrected chi connectivity index (χ1v) is 5.71. The van der Waals surface area contributed by atoms with E-state index in [4.69, 9.17) is 16.3 Å². The number of esters is 1. The molecule has 2 aliphatic rings. The average Bonchev–Trinajstić information content (AvgIpc) is 2.35. The fourth-order valence-corrected chi connectivity index (χ4v) is 3.89. The first kappa shape index (κ1) is 8.31. The second-order valence-electron chi connectivity index (χ2n) is 3.10. The molecule has 3 atom stereocenters. The van der Waals surface area contributed by atoms with Crippen LogP contribution in [0.5, 0.6) is 0 Å². The maximum absolute atomic E-state index is 11.2. The number of halogens is 1. The van der Waals surface area contributed by atoms with Crippen molar-refractivity contribution >= 4 is 27.4 Å². The highest BCUT2D eigenvalue weighted by atomic mass is 35.5. The second-order valence-corrected chi connectivity index (χ2v) is 6.00. The van der Waals surface area contributed by atoms with Gasteiger partial charge in [-0.1, -0.05) is 0 Å². The summed E-state index contributed by atoms with van der Waals surface area (Å²) in [6.07, 6.45) is -0.420. The number of carbonyl (C=O) groups is 1. The zero-order chi connectivity index (χ0) is 8.93. The van der Waals surface area contributed by atoms with Gasteiger partial charge in [0.15, 0.2) is 14.5 Å². The predicted octanol–water partition coefficient (Wildman–Crippen LogP) is -0.0886. The minimum absolute atomic E-state index is 0.0163. The highest BCUT2D eigenvalue weighted by molar-refractivity contribution is 7.93. The Morgan fingerprint density at radius 1 is 1.50 bits per heavy atom. The fraction of sp³-hybridized carbons (Fsp3) is 0.833. The standard InChI is InChI=1S/C6H7ClO4S/c7-6-5-3(1-4(8)11-5)2-12(6,9)10/h3,5-6H,1-2H2/t3-,5+,6+/m1/s1. The van der Waals surface area contributed by atoms with E-state index in [2.05, 4.69) is 0 Å². The van der Waals surface area contributed by atoms with Gasteiger partial charge in [0.1, 0.15) is 6.10 Å². The monoisotopic (exact) mass is 210 g/mol. The van der Waals surface area contributed by atoms with Crippen molar-refractivity contribution in [3.8, 4) is 0 Å². The van der Waals surface area contributed by atoms with Crippen molar-refractivity contribution in [1.29, 1.82) is 0 Å². The maximum atomic E-state index is 11.2. The Hall–Kier alpha value is -0.290. The van der Waals surface area contributed by atoms with Crippen LogP contribution in [0.1, 0.15) is 6.42 Å². The number of hydrogen-bond donors (Lipinski definition) is 0. The van der Waals surface area contributed by atoms with Gasteiger partial charge in [0.05, 0.1) is 12.2 Å². The van der Waals surface area contributed by atoms with Crippen molar-refractivity contribution in [1.82, 2.24) is 0 Å². The van der Waals surface area contributed by atoms with Crippen LogP contribution in [0.2, 0.25) is 0 Å². The summed E-state index contributed by atoms with van der Waals surface area (Å²) in [5, 5.41) is 0. The van der Waals surface area contributed by atoms with E-state index in [0.717, 1.165) is 0 Å². The molecule has 0 radical (unpaired) electrons. The number of hydrogen-bond acceptors (Lipinski definition) is 4. The first-order chi connectivity index (χ1) is 5.50. The van der Waals surface area contributed by atoms with Gasteiger partial charge in [-0.25, -0.2) is 8.42 Å². The molecule has 0 spiro atoms. The summed E-state index contributed by atoms with van der Waals surface area (Å²) in [5.41, 5.74) is 0. The van der Waals surface area contributed by atoms with Crippen LogP contribution in [0.15, 0.2) is 0 Å². The Labute approximate surface area is 74.8 Å². The Balaban J connectivity index is 2.30. The molecule has 68 valence electrons. The summed E-state index contributed by atoms with van der Waals surface area (Å²) in [5.74, 6) is -0.576. The smallest absolute Gasteiger partial charge is 0.306 e. The number of carbonyl (C=O) groups excluding carboxylic acids is 1. The molecule has 0 aromatic carbocycles. The predicted molar refractivity (Wildman–Crippen MR) is 41.4 cm³/mol. The first-order valence-electron chi connectivity index (χ1n) is 3.56. The number of fused-ring (bicyclic) bond motifs is 1. The molecule has 0 amide bonds. The van der Waals surface area contributed by atoms with Crippen LogP contribution in [-0.4, -0.2) is 31.0 Å². The van der Waals surface area contributed by atoms with E-state index in [-0.39, 0.29) is 24.1 Å². The van der Waals surface area contributed by atoms with Gasteiger partial charge in [0.2, 0.25) is 0 Å². The van der Waals surface area contributed by atoms with Crippen molar-refractivity contribution in [2.75, 3.05) is 5.75 Å². The molecule has 2 fully saturated rings. The SMILES string of the molecule is O=C1C[C@@H]2CS(=O)(=O)[C@H](Cl)[C@H]2O1. The molecule has 2 rings (SSSR count). The van der Waals surface area contributed by atoms with E-state index in [1.54, 1.807) is 0 Å². The minimum Gasteiger partial charge on any atom is -0.459 e. The summed E-state index contributed by atoms with van der Waals surface area (Å²) in [6, 6.07) is 0. The van der Waals surface area contributed by atoms with Crippen LogP contribution in [0.4, 0.5) is 0 Å². The van der Waals surface area contributed by atoms with Crippen LogP contribution in [0.25, 0.3) is 0 Å². The molecule has 0 aromatic rings. The molecular formula is C6H7ClO4S. The van der Waals surface area contributed by atoms with Gasteiger partial charge in [0, 0.05) is 5.92 Å². The zero-order valence-corrected chi connectivity index (χ0v) is 7.64. The van der Waals surface area contributed by atoms with E-state index in [0.29, 0.717) is 0 Å².